The highest BCUT2D eigenvalue weighted by atomic mass is 16.5. The Morgan fingerprint density at radius 3 is 1.10 bits per heavy atom. The van der Waals surface area contributed by atoms with Crippen LogP contribution >= 0.6 is 0 Å². The fraction of sp³-hybridized carbons (Fsp3) is 0.736. The van der Waals surface area contributed by atoms with Gasteiger partial charge in [0.1, 0.15) is 11.5 Å². The Kier molecular flexibility index (Phi) is 29.7. The lowest BCUT2D eigenvalue weighted by molar-refractivity contribution is -0.152. The van der Waals surface area contributed by atoms with Crippen molar-refractivity contribution in [3.63, 3.8) is 0 Å². The fourth-order valence-corrected chi connectivity index (χ4v) is 8.33. The molecule has 0 amide bonds. The topological polar surface area (TPSA) is 93.1 Å². The summed E-state index contributed by atoms with van der Waals surface area (Å²) in [6.45, 7) is 9.00. The van der Waals surface area contributed by atoms with E-state index in [2.05, 4.69) is 26.0 Å². The van der Waals surface area contributed by atoms with Gasteiger partial charge in [0, 0.05) is 18.3 Å². The number of phenols is 2. The van der Waals surface area contributed by atoms with Crippen LogP contribution in [0.2, 0.25) is 0 Å². The summed E-state index contributed by atoms with van der Waals surface area (Å²) in [5.41, 5.74) is 2.19. The lowest BCUT2D eigenvalue weighted by Gasteiger charge is -2.23. The van der Waals surface area contributed by atoms with Gasteiger partial charge < -0.3 is 19.7 Å². The summed E-state index contributed by atoms with van der Waals surface area (Å²) in [4.78, 5) is 24.8. The summed E-state index contributed by atoms with van der Waals surface area (Å²) in [6.07, 6.45) is 34.6. The monoisotopic (exact) mass is 821 g/mol. The first-order chi connectivity index (χ1) is 28.6. The van der Waals surface area contributed by atoms with Crippen molar-refractivity contribution < 1.29 is 29.3 Å². The van der Waals surface area contributed by atoms with E-state index < -0.39 is 5.41 Å². The molecule has 0 radical (unpaired) electrons. The van der Waals surface area contributed by atoms with E-state index >= 15 is 0 Å². The highest BCUT2D eigenvalue weighted by molar-refractivity contribution is 5.69. The molecule has 0 aromatic heterocycles. The summed E-state index contributed by atoms with van der Waals surface area (Å²) >= 11 is 0. The Balaban J connectivity index is 1.40. The average molecular weight is 821 g/mol. The van der Waals surface area contributed by atoms with Crippen molar-refractivity contribution in [2.45, 2.75) is 232 Å². The predicted octanol–water partition coefficient (Wildman–Crippen LogP) is 15.8. The first-order valence-electron chi connectivity index (χ1n) is 24.5. The molecule has 2 rings (SSSR count). The first kappa shape index (κ1) is 52.1. The van der Waals surface area contributed by atoms with Gasteiger partial charge in [0.2, 0.25) is 0 Å². The van der Waals surface area contributed by atoms with Gasteiger partial charge in [-0.05, 0) is 85.8 Å². The van der Waals surface area contributed by atoms with Gasteiger partial charge in [-0.15, -0.1) is 0 Å². The Labute approximate surface area is 362 Å². The second-order valence-corrected chi connectivity index (χ2v) is 18.5. The standard InChI is InChI=1S/C53H88O6/c1-5-7-23-31-45(47-35-29-37-49(54)41-47)33-25-19-15-11-9-13-17-21-27-39-51(56)58-43-53(3,4)44-59-52(57)40-28-22-18-14-10-12-16-20-26-34-46(32-24-8-6-2)48-36-30-38-50(55)42-48/h29-30,35-38,41-42,45-46,54-55H,5-28,31-34,39-40,43-44H2,1-4H3. The summed E-state index contributed by atoms with van der Waals surface area (Å²) < 4.78 is 11.1. The maximum absolute atomic E-state index is 12.4. The summed E-state index contributed by atoms with van der Waals surface area (Å²) in [6, 6.07) is 15.7. The molecule has 6 nitrogen and oxygen atoms in total. The molecular formula is C53H88O6. The maximum atomic E-state index is 12.4. The molecule has 0 aliphatic carbocycles. The van der Waals surface area contributed by atoms with E-state index in [-0.39, 0.29) is 25.2 Å². The Morgan fingerprint density at radius 1 is 0.475 bits per heavy atom. The minimum absolute atomic E-state index is 0.153. The number of carbonyl (C=O) groups excluding carboxylic acids is 2. The number of aromatic hydroxyl groups is 2. The molecule has 59 heavy (non-hydrogen) atoms. The van der Waals surface area contributed by atoms with E-state index in [4.69, 9.17) is 9.47 Å². The molecule has 0 heterocycles. The van der Waals surface area contributed by atoms with E-state index in [0.717, 1.165) is 38.5 Å². The number of ether oxygens (including phenoxy) is 2. The molecule has 2 aromatic rings. The van der Waals surface area contributed by atoms with Gasteiger partial charge in [0.05, 0.1) is 13.2 Å². The Morgan fingerprint density at radius 2 is 0.780 bits per heavy atom. The average Bonchev–Trinajstić information content (AvgIpc) is 3.22. The highest BCUT2D eigenvalue weighted by Gasteiger charge is 2.23. The zero-order valence-electron chi connectivity index (χ0n) is 38.4. The summed E-state index contributed by atoms with van der Waals surface area (Å²) in [5.74, 6) is 1.56. The van der Waals surface area contributed by atoms with Crippen LogP contribution in [0, 0.1) is 5.41 Å². The number of esters is 2. The predicted molar refractivity (Wildman–Crippen MR) is 247 cm³/mol. The molecule has 0 fully saturated rings. The summed E-state index contributed by atoms with van der Waals surface area (Å²) in [5, 5.41) is 19.9. The third kappa shape index (κ3) is 27.4. The number of phenolic OH excluding ortho intramolecular Hbond substituents is 2. The van der Waals surface area contributed by atoms with Gasteiger partial charge in [0.15, 0.2) is 0 Å². The number of hydrogen-bond acceptors (Lipinski definition) is 6. The molecule has 336 valence electrons. The number of hydrogen-bond donors (Lipinski definition) is 2. The lowest BCUT2D eigenvalue weighted by atomic mass is 9.88. The third-order valence-corrected chi connectivity index (χ3v) is 12.1. The zero-order valence-corrected chi connectivity index (χ0v) is 38.4. The van der Waals surface area contributed by atoms with E-state index in [9.17, 15) is 19.8 Å². The van der Waals surface area contributed by atoms with Crippen molar-refractivity contribution in [1.29, 1.82) is 0 Å². The van der Waals surface area contributed by atoms with Crippen LogP contribution in [0.25, 0.3) is 0 Å². The maximum Gasteiger partial charge on any atom is 0.305 e. The molecule has 2 unspecified atom stereocenters. The number of benzene rings is 2. The molecular weight excluding hydrogens is 733 g/mol. The zero-order chi connectivity index (χ0) is 42.8. The molecule has 2 aromatic carbocycles. The van der Waals surface area contributed by atoms with E-state index in [1.54, 1.807) is 12.1 Å². The molecule has 0 bridgehead atoms. The fourth-order valence-electron chi connectivity index (χ4n) is 8.33. The number of rotatable bonds is 38. The largest absolute Gasteiger partial charge is 0.508 e. The lowest BCUT2D eigenvalue weighted by Crippen LogP contribution is -2.28. The molecule has 0 aliphatic heterocycles. The van der Waals surface area contributed by atoms with E-state index in [0.29, 0.717) is 36.2 Å². The quantitative estimate of drug-likeness (QED) is 0.0518. The molecule has 0 saturated heterocycles. The van der Waals surface area contributed by atoms with Crippen molar-refractivity contribution in [3.8, 4) is 11.5 Å². The molecule has 0 aliphatic rings. The van der Waals surface area contributed by atoms with Crippen LogP contribution in [-0.2, 0) is 19.1 Å². The second-order valence-electron chi connectivity index (χ2n) is 18.5. The van der Waals surface area contributed by atoms with Crippen LogP contribution in [0.1, 0.15) is 243 Å². The van der Waals surface area contributed by atoms with Gasteiger partial charge in [-0.2, -0.15) is 0 Å². The minimum atomic E-state index is -0.397. The van der Waals surface area contributed by atoms with Crippen LogP contribution in [0.15, 0.2) is 48.5 Å². The molecule has 2 atom stereocenters. The van der Waals surface area contributed by atoms with Crippen molar-refractivity contribution in [2.24, 2.45) is 5.41 Å². The van der Waals surface area contributed by atoms with E-state index in [1.807, 2.05) is 38.1 Å². The van der Waals surface area contributed by atoms with Crippen LogP contribution in [0.5, 0.6) is 11.5 Å². The molecule has 2 N–H and O–H groups in total. The first-order valence-corrected chi connectivity index (χ1v) is 24.5. The molecule has 0 saturated carbocycles. The van der Waals surface area contributed by atoms with Crippen LogP contribution in [0.4, 0.5) is 0 Å². The molecule has 6 heteroatoms. The van der Waals surface area contributed by atoms with Gasteiger partial charge in [-0.25, -0.2) is 0 Å². The van der Waals surface area contributed by atoms with E-state index in [1.165, 1.54) is 152 Å². The van der Waals surface area contributed by atoms with Gasteiger partial charge in [-0.1, -0.05) is 193 Å². The smallest absolute Gasteiger partial charge is 0.305 e. The molecule has 0 spiro atoms. The van der Waals surface area contributed by atoms with Crippen molar-refractivity contribution in [1.82, 2.24) is 0 Å². The van der Waals surface area contributed by atoms with Crippen LogP contribution in [-0.4, -0.2) is 35.4 Å². The van der Waals surface area contributed by atoms with Gasteiger partial charge in [-0.3, -0.25) is 9.59 Å². The van der Waals surface area contributed by atoms with Gasteiger partial charge in [0.25, 0.3) is 0 Å². The van der Waals surface area contributed by atoms with Crippen LogP contribution in [0.3, 0.4) is 0 Å². The Bertz CT molecular complexity index is 1240. The van der Waals surface area contributed by atoms with Crippen molar-refractivity contribution in [2.75, 3.05) is 13.2 Å². The SMILES string of the molecule is CCCCCC(CCCCCCCCCCCC(=O)OCC(C)(C)COC(=O)CCCCCCCCCCCC(CCCCC)c1cccc(O)c1)c1cccc(O)c1. The second kappa shape index (κ2) is 33.7. The summed E-state index contributed by atoms with van der Waals surface area (Å²) in [7, 11) is 0. The Hall–Kier alpha value is -3.02. The van der Waals surface area contributed by atoms with Gasteiger partial charge >= 0.3 is 11.9 Å². The number of carbonyl (C=O) groups is 2. The highest BCUT2D eigenvalue weighted by Crippen LogP contribution is 2.32. The normalized spacial score (nSPS) is 12.7. The minimum Gasteiger partial charge on any atom is -0.508 e. The van der Waals surface area contributed by atoms with Crippen LogP contribution < -0.4 is 0 Å². The van der Waals surface area contributed by atoms with Crippen molar-refractivity contribution >= 4 is 11.9 Å². The number of unbranched alkanes of at least 4 members (excludes halogenated alkanes) is 20. The third-order valence-electron chi connectivity index (χ3n) is 12.1. The van der Waals surface area contributed by atoms with Crippen molar-refractivity contribution in [3.05, 3.63) is 59.7 Å².